The van der Waals surface area contributed by atoms with Crippen molar-refractivity contribution >= 4 is 69.6 Å². The minimum Gasteiger partial charge on any atom is -0.506 e. The number of hydrogen-bond acceptors (Lipinski definition) is 16. The molecule has 0 saturated carbocycles. The number of nitrogens with two attached hydrogens (primary N) is 1. The van der Waals surface area contributed by atoms with Crippen LogP contribution in [0, 0.1) is 6.92 Å². The van der Waals surface area contributed by atoms with Gasteiger partial charge in [0.05, 0.1) is 27.4 Å². The van der Waals surface area contributed by atoms with Gasteiger partial charge >= 0.3 is 0 Å². The van der Waals surface area contributed by atoms with Gasteiger partial charge in [-0.15, -0.1) is 20.5 Å². The maximum Gasteiger partial charge on any atom is 0.296 e. The number of rotatable bonds is 9. The number of fused-ring (bicyclic) bond motifs is 1. The Morgan fingerprint density at radius 2 is 1.13 bits per heavy atom. The molecule has 0 radical (unpaired) electrons. The molecule has 0 aliphatic carbocycles. The van der Waals surface area contributed by atoms with Crippen molar-refractivity contribution in [1.82, 2.24) is 9.78 Å². The van der Waals surface area contributed by atoms with Crippen molar-refractivity contribution in [2.24, 2.45) is 20.5 Å². The molecule has 0 unspecified atom stereocenters. The summed E-state index contributed by atoms with van der Waals surface area (Å²) in [5.74, 6) is -2.05. The van der Waals surface area contributed by atoms with Gasteiger partial charge in [0.25, 0.3) is 30.4 Å². The van der Waals surface area contributed by atoms with Gasteiger partial charge in [0.1, 0.15) is 38.4 Å². The highest BCUT2D eigenvalue weighted by atomic mass is 32.2. The Morgan fingerprint density at radius 3 is 1.64 bits per heavy atom. The second-order valence-corrected chi connectivity index (χ2v) is 15.7. The van der Waals surface area contributed by atoms with Gasteiger partial charge in [-0.3, -0.25) is 13.7 Å². The van der Waals surface area contributed by atoms with Gasteiger partial charge in [-0.2, -0.15) is 35.0 Å². The van der Waals surface area contributed by atoms with E-state index in [1.165, 1.54) is 55.5 Å². The number of anilines is 1. The van der Waals surface area contributed by atoms with E-state index >= 15 is 0 Å². The number of aromatic hydroxyl groups is 4. The highest BCUT2D eigenvalue weighted by Gasteiger charge is 2.27. The average Bonchev–Trinajstić information content (AvgIpc) is 3.38. The first-order valence-corrected chi connectivity index (χ1v) is 19.4. The van der Waals surface area contributed by atoms with Crippen LogP contribution in [0.1, 0.15) is 5.69 Å². The zero-order valence-corrected chi connectivity index (χ0v) is 30.0. The van der Waals surface area contributed by atoms with E-state index in [0.29, 0.717) is 17.2 Å². The van der Waals surface area contributed by atoms with E-state index in [1.54, 1.807) is 0 Å². The first-order chi connectivity index (χ1) is 25.6. The van der Waals surface area contributed by atoms with Crippen molar-refractivity contribution < 1.29 is 59.3 Å². The minimum absolute atomic E-state index is 0.00862. The molecule has 0 aliphatic rings. The van der Waals surface area contributed by atoms with E-state index in [1.807, 2.05) is 0 Å². The quantitative estimate of drug-likeness (QED) is 0.0473. The molecule has 9 N–H and O–H groups in total. The van der Waals surface area contributed by atoms with Gasteiger partial charge in [0.2, 0.25) is 5.88 Å². The predicted octanol–water partition coefficient (Wildman–Crippen LogP) is 5.98. The smallest absolute Gasteiger partial charge is 0.296 e. The Morgan fingerprint density at radius 1 is 0.618 bits per heavy atom. The molecular formula is C32H25N7O13S3. The van der Waals surface area contributed by atoms with Crippen LogP contribution in [0.2, 0.25) is 0 Å². The van der Waals surface area contributed by atoms with E-state index in [9.17, 15) is 59.3 Å². The van der Waals surface area contributed by atoms with E-state index in [4.69, 9.17) is 5.73 Å². The topological polar surface area (TPSA) is 337 Å². The van der Waals surface area contributed by atoms with Crippen LogP contribution in [0.3, 0.4) is 0 Å². The lowest BCUT2D eigenvalue weighted by atomic mass is 10.0. The fraction of sp³-hybridized carbons (Fsp3) is 0.0312. The first-order valence-electron chi connectivity index (χ1n) is 15.0. The maximum absolute atomic E-state index is 12.0. The van der Waals surface area contributed by atoms with Gasteiger partial charge in [-0.25, -0.2) is 0 Å². The monoisotopic (exact) mass is 811 g/mol. The Balaban J connectivity index is 1.25. The van der Waals surface area contributed by atoms with Crippen LogP contribution in [0.15, 0.2) is 114 Å². The minimum atomic E-state index is -5.12. The van der Waals surface area contributed by atoms with E-state index in [2.05, 4.69) is 25.6 Å². The summed E-state index contributed by atoms with van der Waals surface area (Å²) in [7, 11) is -14.6. The molecule has 0 amide bonds. The Labute approximate surface area is 310 Å². The third-order valence-corrected chi connectivity index (χ3v) is 10.6. The lowest BCUT2D eigenvalue weighted by Gasteiger charge is -2.13. The molecule has 0 spiro atoms. The van der Waals surface area contributed by atoms with E-state index in [0.717, 1.165) is 28.9 Å². The van der Waals surface area contributed by atoms with Gasteiger partial charge in [-0.05, 0) is 78.7 Å². The molecule has 5 aromatic carbocycles. The zero-order chi connectivity index (χ0) is 40.2. The number of hydrogen-bond donors (Lipinski definition) is 8. The lowest BCUT2D eigenvalue weighted by molar-refractivity contribution is 0.434. The summed E-state index contributed by atoms with van der Waals surface area (Å²) in [5.41, 5.74) is 5.85. The van der Waals surface area contributed by atoms with Gasteiger partial charge in [0.15, 0.2) is 11.4 Å². The van der Waals surface area contributed by atoms with Crippen molar-refractivity contribution in [2.45, 2.75) is 21.6 Å². The Hall–Kier alpha value is -6.50. The number of aromatic nitrogens is 2. The molecule has 0 aliphatic heterocycles. The molecule has 0 atom stereocenters. The molecule has 6 rings (SSSR count). The fourth-order valence-electron chi connectivity index (χ4n) is 5.31. The van der Waals surface area contributed by atoms with E-state index < -0.39 is 68.6 Å². The van der Waals surface area contributed by atoms with Gasteiger partial charge in [-0.1, -0.05) is 18.2 Å². The van der Waals surface area contributed by atoms with Crippen molar-refractivity contribution in [1.29, 1.82) is 0 Å². The molecule has 23 heteroatoms. The SMILES string of the molecule is Cc1nn(-c2ccc(S(=O)(=O)O)cc2)c(O)c1N=Nc1ccc(-c2ccc(N=Nc3ccc4c(S(=O)(=O)O)cc(S(=O)(=O)O)c(N)c4c3O)c(O)c2)cc1O. The molecule has 1 aromatic heterocycles. The Kier molecular flexibility index (Phi) is 9.54. The van der Waals surface area contributed by atoms with Crippen molar-refractivity contribution in [3.05, 3.63) is 84.6 Å². The molecule has 6 aromatic rings. The molecule has 0 bridgehead atoms. The van der Waals surface area contributed by atoms with Crippen LogP contribution in [0.5, 0.6) is 23.1 Å². The summed E-state index contributed by atoms with van der Waals surface area (Å²) in [6.07, 6.45) is 0. The largest absolute Gasteiger partial charge is 0.506 e. The normalized spacial score (nSPS) is 12.7. The summed E-state index contributed by atoms with van der Waals surface area (Å²) < 4.78 is 99.7. The highest BCUT2D eigenvalue weighted by molar-refractivity contribution is 7.87. The first kappa shape index (κ1) is 38.2. The molecule has 0 fully saturated rings. The zero-order valence-electron chi connectivity index (χ0n) is 27.6. The molecule has 0 saturated heterocycles. The van der Waals surface area contributed by atoms with E-state index in [-0.39, 0.29) is 50.2 Å². The number of aryl methyl sites for hydroxylation is 1. The van der Waals surface area contributed by atoms with Crippen LogP contribution in [0.25, 0.3) is 27.6 Å². The summed E-state index contributed by atoms with van der Waals surface area (Å²) in [6.45, 7) is 1.53. The second kappa shape index (κ2) is 13.7. The third-order valence-electron chi connectivity index (χ3n) is 7.97. The van der Waals surface area contributed by atoms with Crippen molar-refractivity contribution in [3.8, 4) is 39.9 Å². The number of nitrogen functional groups attached to an aromatic ring is 1. The van der Waals surface area contributed by atoms with Crippen molar-refractivity contribution in [2.75, 3.05) is 5.73 Å². The molecular weight excluding hydrogens is 787 g/mol. The van der Waals surface area contributed by atoms with Crippen LogP contribution in [0.4, 0.5) is 28.4 Å². The summed E-state index contributed by atoms with van der Waals surface area (Å²) in [6, 6.07) is 15.8. The van der Waals surface area contributed by atoms with Gasteiger partial charge in [0, 0.05) is 5.39 Å². The third kappa shape index (κ3) is 7.50. The number of phenolic OH excluding ortho intramolecular Hbond substituents is 3. The predicted molar refractivity (Wildman–Crippen MR) is 193 cm³/mol. The standard InChI is InChI=1S/C32H25N7O13S3/c1-15-30(32(43)39(38-15)18-4-6-19(7-5-18)53(44,45)46)37-35-22-10-3-17(13-25(22)41)16-2-9-21(24(40)12-16)34-36-23-11-8-20-26(54(47,48)49)14-27(55(50,51)52)29(33)28(20)31(23)42/h2-14,40-43H,33H2,1H3,(H,44,45,46)(H,47,48,49)(H,50,51,52). The number of phenols is 3. The maximum atomic E-state index is 12.0. The van der Waals surface area contributed by atoms with Crippen LogP contribution >= 0.6 is 0 Å². The van der Waals surface area contributed by atoms with Crippen LogP contribution in [-0.2, 0) is 30.4 Å². The second-order valence-electron chi connectivity index (χ2n) is 11.5. The lowest BCUT2D eigenvalue weighted by Crippen LogP contribution is -2.08. The van der Waals surface area contributed by atoms with Crippen LogP contribution < -0.4 is 5.73 Å². The molecule has 55 heavy (non-hydrogen) atoms. The summed E-state index contributed by atoms with van der Waals surface area (Å²) in [4.78, 5) is -2.42. The van der Waals surface area contributed by atoms with Crippen LogP contribution in [-0.4, -0.2) is 69.1 Å². The fourth-order valence-corrected chi connectivity index (χ4v) is 7.23. The summed E-state index contributed by atoms with van der Waals surface area (Å²) in [5, 5.41) is 61.9. The van der Waals surface area contributed by atoms with Crippen molar-refractivity contribution in [3.63, 3.8) is 0 Å². The number of nitrogens with zero attached hydrogens (tertiary/aromatic N) is 6. The number of azo groups is 2. The molecule has 20 nitrogen and oxygen atoms in total. The summed E-state index contributed by atoms with van der Waals surface area (Å²) >= 11 is 0. The van der Waals surface area contributed by atoms with Gasteiger partial charge < -0.3 is 26.2 Å². The molecule has 1 heterocycles. The average molecular weight is 812 g/mol. The molecule has 284 valence electrons. The highest BCUT2D eigenvalue weighted by Crippen LogP contribution is 2.44. The Bertz CT molecular complexity index is 2970. The number of benzene rings is 5.